The maximum Gasteiger partial charge on any atom is 0.273 e. The molecule has 0 aromatic carbocycles. The van der Waals surface area contributed by atoms with Crippen molar-refractivity contribution in [3.63, 3.8) is 0 Å². The van der Waals surface area contributed by atoms with Crippen LogP contribution in [0.1, 0.15) is 29.0 Å². The summed E-state index contributed by atoms with van der Waals surface area (Å²) >= 11 is 0. The topological polar surface area (TPSA) is 98.3 Å². The van der Waals surface area contributed by atoms with Gasteiger partial charge in [0.2, 0.25) is 10.0 Å². The fourth-order valence-electron chi connectivity index (χ4n) is 2.28. The second-order valence-corrected chi connectivity index (χ2v) is 5.93. The first kappa shape index (κ1) is 13.0. The minimum absolute atomic E-state index is 0.0527. The Morgan fingerprint density at radius 2 is 1.89 bits per heavy atom. The SMILES string of the molecule is Cc1nn(C)c(C(=O)N2CCCC2)c1S(N)(=O)=O. The van der Waals surface area contributed by atoms with Gasteiger partial charge in [0.25, 0.3) is 5.91 Å². The summed E-state index contributed by atoms with van der Waals surface area (Å²) in [5.74, 6) is -0.320. The number of primary sulfonamides is 1. The predicted molar refractivity (Wildman–Crippen MR) is 64.5 cm³/mol. The highest BCUT2D eigenvalue weighted by atomic mass is 32.2. The first-order chi connectivity index (χ1) is 8.32. The summed E-state index contributed by atoms with van der Waals surface area (Å²) in [7, 11) is -2.40. The number of rotatable bonds is 2. The molecular weight excluding hydrogens is 256 g/mol. The third kappa shape index (κ3) is 2.13. The van der Waals surface area contributed by atoms with Crippen LogP contribution in [-0.2, 0) is 17.1 Å². The lowest BCUT2D eigenvalue weighted by Crippen LogP contribution is -2.31. The van der Waals surface area contributed by atoms with Crippen molar-refractivity contribution in [2.45, 2.75) is 24.7 Å². The lowest BCUT2D eigenvalue weighted by molar-refractivity contribution is 0.0778. The maximum atomic E-state index is 12.3. The lowest BCUT2D eigenvalue weighted by Gasteiger charge is -2.15. The average molecular weight is 272 g/mol. The van der Waals surface area contributed by atoms with Crippen molar-refractivity contribution in [3.05, 3.63) is 11.4 Å². The van der Waals surface area contributed by atoms with Crippen molar-refractivity contribution < 1.29 is 13.2 Å². The Balaban J connectivity index is 2.53. The number of nitrogens with zero attached hydrogens (tertiary/aromatic N) is 3. The molecule has 0 unspecified atom stereocenters. The van der Waals surface area contributed by atoms with Crippen molar-refractivity contribution >= 4 is 15.9 Å². The van der Waals surface area contributed by atoms with Gasteiger partial charge in [0.05, 0.1) is 5.69 Å². The number of carbonyl (C=O) groups is 1. The Kier molecular flexibility index (Phi) is 3.16. The quantitative estimate of drug-likeness (QED) is 0.792. The molecule has 0 atom stereocenters. The van der Waals surface area contributed by atoms with Gasteiger partial charge in [-0.2, -0.15) is 5.10 Å². The molecule has 1 amide bonds. The van der Waals surface area contributed by atoms with E-state index in [1.165, 1.54) is 11.6 Å². The molecule has 1 saturated heterocycles. The lowest BCUT2D eigenvalue weighted by atomic mass is 10.3. The third-order valence-electron chi connectivity index (χ3n) is 3.05. The van der Waals surface area contributed by atoms with Gasteiger partial charge in [-0.05, 0) is 19.8 Å². The van der Waals surface area contributed by atoms with Crippen LogP contribution in [0.3, 0.4) is 0 Å². The van der Waals surface area contributed by atoms with Crippen LogP contribution in [-0.4, -0.2) is 42.1 Å². The monoisotopic (exact) mass is 272 g/mol. The second kappa shape index (κ2) is 4.36. The average Bonchev–Trinajstić information content (AvgIpc) is 2.83. The minimum Gasteiger partial charge on any atom is -0.337 e. The zero-order valence-electron chi connectivity index (χ0n) is 10.4. The summed E-state index contributed by atoms with van der Waals surface area (Å²) < 4.78 is 24.4. The van der Waals surface area contributed by atoms with Crippen LogP contribution in [0.5, 0.6) is 0 Å². The maximum absolute atomic E-state index is 12.3. The standard InChI is InChI=1S/C10H16N4O3S/c1-7-9(18(11,16)17)8(13(2)12-7)10(15)14-5-3-4-6-14/h3-6H2,1-2H3,(H2,11,16,17). The third-order valence-corrected chi connectivity index (χ3v) is 4.11. The zero-order chi connectivity index (χ0) is 13.5. The molecule has 2 N–H and O–H groups in total. The van der Waals surface area contributed by atoms with Gasteiger partial charge in [0.1, 0.15) is 10.6 Å². The molecule has 1 fully saturated rings. The first-order valence-corrected chi connectivity index (χ1v) is 7.22. The van der Waals surface area contributed by atoms with E-state index < -0.39 is 10.0 Å². The van der Waals surface area contributed by atoms with Crippen molar-refractivity contribution in [2.24, 2.45) is 12.2 Å². The molecule has 1 aromatic heterocycles. The molecule has 0 bridgehead atoms. The Morgan fingerprint density at radius 1 is 1.33 bits per heavy atom. The van der Waals surface area contributed by atoms with Crippen LogP contribution in [0.2, 0.25) is 0 Å². The molecule has 18 heavy (non-hydrogen) atoms. The van der Waals surface area contributed by atoms with Crippen molar-refractivity contribution in [1.82, 2.24) is 14.7 Å². The largest absolute Gasteiger partial charge is 0.337 e. The van der Waals surface area contributed by atoms with Gasteiger partial charge in [-0.1, -0.05) is 0 Å². The second-order valence-electron chi connectivity index (χ2n) is 4.43. The van der Waals surface area contributed by atoms with Crippen molar-refractivity contribution in [1.29, 1.82) is 0 Å². The molecule has 1 aliphatic rings. The summed E-state index contributed by atoms with van der Waals surface area (Å²) in [6.07, 6.45) is 1.88. The van der Waals surface area contributed by atoms with E-state index in [1.807, 2.05) is 0 Å². The number of likely N-dealkylation sites (tertiary alicyclic amines) is 1. The molecule has 100 valence electrons. The molecule has 0 radical (unpaired) electrons. The molecule has 0 aliphatic carbocycles. The number of hydrogen-bond donors (Lipinski definition) is 1. The Labute approximate surface area is 106 Å². The summed E-state index contributed by atoms with van der Waals surface area (Å²) in [5.41, 5.74) is 0.305. The first-order valence-electron chi connectivity index (χ1n) is 5.68. The van der Waals surface area contributed by atoms with Gasteiger partial charge in [-0.15, -0.1) is 0 Å². The number of sulfonamides is 1. The van der Waals surface area contributed by atoms with Gasteiger partial charge in [0.15, 0.2) is 0 Å². The molecule has 1 aromatic rings. The zero-order valence-corrected chi connectivity index (χ0v) is 11.2. The molecule has 2 heterocycles. The van der Waals surface area contributed by atoms with Crippen LogP contribution in [0.15, 0.2) is 4.90 Å². The summed E-state index contributed by atoms with van der Waals surface area (Å²) in [5, 5.41) is 9.14. The molecule has 7 nitrogen and oxygen atoms in total. The number of amides is 1. The van der Waals surface area contributed by atoms with Gasteiger partial charge in [-0.3, -0.25) is 9.48 Å². The predicted octanol–water partition coefficient (Wildman–Crippen LogP) is -0.388. The molecule has 0 spiro atoms. The van der Waals surface area contributed by atoms with Crippen LogP contribution in [0.25, 0.3) is 0 Å². The number of carbonyl (C=O) groups excluding carboxylic acids is 1. The van der Waals surface area contributed by atoms with Gasteiger partial charge >= 0.3 is 0 Å². The highest BCUT2D eigenvalue weighted by Gasteiger charge is 2.31. The molecule has 0 saturated carbocycles. The molecule has 8 heteroatoms. The highest BCUT2D eigenvalue weighted by molar-refractivity contribution is 7.89. The summed E-state index contributed by atoms with van der Waals surface area (Å²) in [6, 6.07) is 0. The van der Waals surface area contributed by atoms with Crippen molar-refractivity contribution in [3.8, 4) is 0 Å². The number of aromatic nitrogens is 2. The van der Waals surface area contributed by atoms with E-state index in [0.29, 0.717) is 13.1 Å². The minimum atomic E-state index is -3.95. The molecular formula is C10H16N4O3S. The van der Waals surface area contributed by atoms with Crippen LogP contribution in [0, 0.1) is 6.92 Å². The summed E-state index contributed by atoms with van der Waals surface area (Å²) in [6.45, 7) is 2.82. The van der Waals surface area contributed by atoms with E-state index in [9.17, 15) is 13.2 Å². The van der Waals surface area contributed by atoms with Gasteiger partial charge in [0, 0.05) is 20.1 Å². The summed E-state index contributed by atoms with van der Waals surface area (Å²) in [4.78, 5) is 13.8. The van der Waals surface area contributed by atoms with Gasteiger partial charge in [-0.25, -0.2) is 13.6 Å². The van der Waals surface area contributed by atoms with Crippen LogP contribution < -0.4 is 5.14 Å². The Morgan fingerprint density at radius 3 is 2.39 bits per heavy atom. The number of aryl methyl sites for hydroxylation is 2. The highest BCUT2D eigenvalue weighted by Crippen LogP contribution is 2.21. The van der Waals surface area contributed by atoms with E-state index in [0.717, 1.165) is 12.8 Å². The van der Waals surface area contributed by atoms with Crippen molar-refractivity contribution in [2.75, 3.05) is 13.1 Å². The van der Waals surface area contributed by atoms with E-state index in [4.69, 9.17) is 5.14 Å². The van der Waals surface area contributed by atoms with Crippen LogP contribution in [0.4, 0.5) is 0 Å². The van der Waals surface area contributed by atoms with E-state index >= 15 is 0 Å². The number of hydrogen-bond acceptors (Lipinski definition) is 4. The Bertz CT molecular complexity index is 585. The smallest absolute Gasteiger partial charge is 0.273 e. The molecule has 2 rings (SSSR count). The normalized spacial score (nSPS) is 16.3. The van der Waals surface area contributed by atoms with Gasteiger partial charge < -0.3 is 4.90 Å². The fraction of sp³-hybridized carbons (Fsp3) is 0.600. The fourth-order valence-corrected chi connectivity index (χ4v) is 3.23. The van der Waals surface area contributed by atoms with E-state index in [1.54, 1.807) is 11.9 Å². The van der Waals surface area contributed by atoms with E-state index in [2.05, 4.69) is 5.10 Å². The Hall–Kier alpha value is -1.41. The van der Waals surface area contributed by atoms with Crippen LogP contribution >= 0.6 is 0 Å². The molecule has 1 aliphatic heterocycles. The number of nitrogens with two attached hydrogens (primary N) is 1. The van der Waals surface area contributed by atoms with E-state index in [-0.39, 0.29) is 22.2 Å².